The highest BCUT2D eigenvalue weighted by molar-refractivity contribution is 7.35. The molecule has 0 saturated heterocycles. The summed E-state index contributed by atoms with van der Waals surface area (Å²) in [5, 5.41) is 0. The Hall–Kier alpha value is 0.100. The van der Waals surface area contributed by atoms with E-state index < -0.39 is 0 Å². The molecule has 0 aliphatic rings. The van der Waals surface area contributed by atoms with Gasteiger partial charge in [-0.15, -0.1) is 0 Å². The second kappa shape index (κ2) is 4.26. The van der Waals surface area contributed by atoms with Gasteiger partial charge in [0, 0.05) is 6.21 Å². The van der Waals surface area contributed by atoms with E-state index in [2.05, 4.69) is 25.3 Å². The molecule has 0 aromatic carbocycles. The minimum absolute atomic E-state index is 0.618. The molecule has 0 aromatic heterocycles. The van der Waals surface area contributed by atoms with Crippen molar-refractivity contribution in [3.63, 3.8) is 0 Å². The first-order valence-electron chi connectivity index (χ1n) is 2.47. The van der Waals surface area contributed by atoms with Gasteiger partial charge in [-0.2, -0.15) is 0 Å². The average Bonchev–Trinajstić information content (AvgIpc) is 1.61. The van der Waals surface area contributed by atoms with E-state index in [1.807, 2.05) is 6.21 Å². The smallest absolute Gasteiger partial charge is 0.00530 e. The van der Waals surface area contributed by atoms with E-state index in [1.54, 1.807) is 0 Å². The highest BCUT2D eigenvalue weighted by Gasteiger charge is 1.79. The fourth-order valence-electron chi connectivity index (χ4n) is 0.224. The summed E-state index contributed by atoms with van der Waals surface area (Å²) in [5.74, 6) is 0.618. The van der Waals surface area contributed by atoms with Crippen molar-refractivity contribution in [2.45, 2.75) is 13.8 Å². The zero-order valence-corrected chi connectivity index (χ0v) is 6.10. The van der Waals surface area contributed by atoms with E-state index in [0.29, 0.717) is 5.92 Å². The zero-order valence-electron chi connectivity index (χ0n) is 5.10. The quantitative estimate of drug-likeness (QED) is 0.387. The third kappa shape index (κ3) is 6.10. The summed E-state index contributed by atoms with van der Waals surface area (Å²) in [6.45, 7) is 6.33. The van der Waals surface area contributed by atoms with Crippen LogP contribution in [0.2, 0.25) is 0 Å². The van der Waals surface area contributed by atoms with Crippen molar-refractivity contribution in [1.82, 2.24) is 0 Å². The molecule has 42 valence electrons. The fraction of sp³-hybridized carbons (Fsp3) is 0.800. The molecule has 0 radical (unpaired) electrons. The molecule has 0 saturated carbocycles. The normalized spacial score (nSPS) is 13.1. The Morgan fingerprint density at radius 1 is 1.57 bits per heavy atom. The lowest BCUT2D eigenvalue weighted by atomic mass is 10.3. The van der Waals surface area contributed by atoms with Crippen LogP contribution in [0, 0.1) is 5.92 Å². The first-order valence-corrected chi connectivity index (χ1v) is 3.92. The summed E-state index contributed by atoms with van der Waals surface area (Å²) < 4.78 is 4.07. The molecule has 0 fully saturated rings. The van der Waals surface area contributed by atoms with Gasteiger partial charge in [0.05, 0.1) is 0 Å². The molecule has 2 heteroatoms. The third-order valence-corrected chi connectivity index (χ3v) is 0.909. The molecule has 0 bridgehead atoms. The Morgan fingerprint density at radius 3 is 2.29 bits per heavy atom. The predicted molar refractivity (Wildman–Crippen MR) is 37.6 cm³/mol. The van der Waals surface area contributed by atoms with Crippen LogP contribution in [0.25, 0.3) is 0 Å². The monoisotopic (exact) mass is 117 g/mol. The van der Waals surface area contributed by atoms with Crippen LogP contribution in [0.5, 0.6) is 0 Å². The Kier molecular flexibility index (Phi) is 4.32. The molecule has 0 N–H and O–H groups in total. The van der Waals surface area contributed by atoms with Crippen molar-refractivity contribution < 1.29 is 0 Å². The molecule has 0 aromatic rings. The van der Waals surface area contributed by atoms with E-state index in [-0.39, 0.29) is 0 Å². The molecule has 0 aliphatic heterocycles. The van der Waals surface area contributed by atoms with Gasteiger partial charge in [-0.05, 0) is 21.3 Å². The molecule has 0 amide bonds. The summed E-state index contributed by atoms with van der Waals surface area (Å²) in [6.07, 6.45) is 1.98. The molecule has 7 heavy (non-hydrogen) atoms. The van der Waals surface area contributed by atoms with Crippen LogP contribution in [-0.2, 0) is 0 Å². The summed E-state index contributed by atoms with van der Waals surface area (Å²) in [7, 11) is 0.720. The predicted octanol–water partition coefficient (Wildman–Crippen LogP) is 1.94. The molecule has 1 atom stereocenters. The topological polar surface area (TPSA) is 12.4 Å². The van der Waals surface area contributed by atoms with Gasteiger partial charge in [-0.25, -0.2) is 0 Å². The lowest BCUT2D eigenvalue weighted by molar-refractivity contribution is 0.910. The Balaban J connectivity index is 3.08. The second-order valence-corrected chi connectivity index (χ2v) is 2.45. The van der Waals surface area contributed by atoms with Crippen LogP contribution in [0.4, 0.5) is 0 Å². The highest BCUT2D eigenvalue weighted by Crippen LogP contribution is 2.02. The summed E-state index contributed by atoms with van der Waals surface area (Å²) in [6, 6.07) is 0. The van der Waals surface area contributed by atoms with Gasteiger partial charge in [0.1, 0.15) is 0 Å². The van der Waals surface area contributed by atoms with Crippen LogP contribution in [0.15, 0.2) is 4.76 Å². The first kappa shape index (κ1) is 7.10. The standard InChI is InChI=1S/C5H12NP/c1-5(2)4-6-7-3/h4-5,7H,1-3H3/b6-4+. The maximum atomic E-state index is 4.07. The van der Waals surface area contributed by atoms with E-state index >= 15 is 0 Å². The zero-order chi connectivity index (χ0) is 5.70. The number of hydrogen-bond donors (Lipinski definition) is 0. The molecular weight excluding hydrogens is 105 g/mol. The first-order chi connectivity index (χ1) is 3.27. The van der Waals surface area contributed by atoms with Crippen molar-refractivity contribution in [3.05, 3.63) is 0 Å². The van der Waals surface area contributed by atoms with Crippen molar-refractivity contribution in [3.8, 4) is 0 Å². The SMILES string of the molecule is CP/N=C/C(C)C. The fourth-order valence-corrected chi connectivity index (χ4v) is 0.671. The molecule has 0 rings (SSSR count). The molecule has 0 spiro atoms. The molecule has 0 heterocycles. The number of nitrogens with zero attached hydrogens (tertiary/aromatic N) is 1. The van der Waals surface area contributed by atoms with Crippen LogP contribution < -0.4 is 0 Å². The van der Waals surface area contributed by atoms with Crippen LogP contribution in [0.3, 0.4) is 0 Å². The van der Waals surface area contributed by atoms with Gasteiger partial charge in [0.15, 0.2) is 0 Å². The lowest BCUT2D eigenvalue weighted by Crippen LogP contribution is -1.83. The minimum atomic E-state index is 0.618. The minimum Gasteiger partial charge on any atom is -0.277 e. The Labute approximate surface area is 47.1 Å². The van der Waals surface area contributed by atoms with Crippen molar-refractivity contribution >= 4 is 14.9 Å². The van der Waals surface area contributed by atoms with E-state index in [4.69, 9.17) is 0 Å². The average molecular weight is 117 g/mol. The highest BCUT2D eigenvalue weighted by atomic mass is 31.1. The van der Waals surface area contributed by atoms with Crippen molar-refractivity contribution in [2.75, 3.05) is 6.66 Å². The largest absolute Gasteiger partial charge is 0.277 e. The lowest BCUT2D eigenvalue weighted by Gasteiger charge is -1.88. The molecule has 1 nitrogen and oxygen atoms in total. The molecule has 0 aliphatic carbocycles. The molecular formula is C5H12NP. The maximum Gasteiger partial charge on any atom is 0.00530 e. The van der Waals surface area contributed by atoms with Crippen molar-refractivity contribution in [2.24, 2.45) is 10.7 Å². The van der Waals surface area contributed by atoms with Gasteiger partial charge in [0.2, 0.25) is 0 Å². The van der Waals surface area contributed by atoms with Gasteiger partial charge < -0.3 is 0 Å². The van der Waals surface area contributed by atoms with Gasteiger partial charge >= 0.3 is 0 Å². The van der Waals surface area contributed by atoms with Crippen LogP contribution in [-0.4, -0.2) is 12.9 Å². The second-order valence-electron chi connectivity index (χ2n) is 1.75. The molecule has 1 unspecified atom stereocenters. The summed E-state index contributed by atoms with van der Waals surface area (Å²) in [4.78, 5) is 0. The van der Waals surface area contributed by atoms with E-state index in [1.165, 1.54) is 0 Å². The van der Waals surface area contributed by atoms with Gasteiger partial charge in [-0.1, -0.05) is 13.8 Å². The number of rotatable bonds is 2. The Bertz CT molecular complexity index is 59.1. The van der Waals surface area contributed by atoms with E-state index in [9.17, 15) is 0 Å². The van der Waals surface area contributed by atoms with Gasteiger partial charge in [0.25, 0.3) is 0 Å². The summed E-state index contributed by atoms with van der Waals surface area (Å²) in [5.41, 5.74) is 0. The number of hydrogen-bond acceptors (Lipinski definition) is 1. The summed E-state index contributed by atoms with van der Waals surface area (Å²) >= 11 is 0. The van der Waals surface area contributed by atoms with Crippen LogP contribution >= 0.6 is 8.73 Å². The van der Waals surface area contributed by atoms with Crippen molar-refractivity contribution in [1.29, 1.82) is 0 Å². The van der Waals surface area contributed by atoms with E-state index in [0.717, 1.165) is 8.73 Å². The maximum absolute atomic E-state index is 4.07. The van der Waals surface area contributed by atoms with Gasteiger partial charge in [-0.3, -0.25) is 4.76 Å². The third-order valence-electron chi connectivity index (χ3n) is 0.502. The van der Waals surface area contributed by atoms with Crippen LogP contribution in [0.1, 0.15) is 13.8 Å². The Morgan fingerprint density at radius 2 is 2.14 bits per heavy atom.